The van der Waals surface area contributed by atoms with Crippen LogP contribution in [-0.4, -0.2) is 42.7 Å². The first-order valence-corrected chi connectivity index (χ1v) is 8.80. The Labute approximate surface area is 138 Å². The molecule has 134 valence electrons. The van der Waals surface area contributed by atoms with Gasteiger partial charge in [-0.2, -0.15) is 17.5 Å². The van der Waals surface area contributed by atoms with Gasteiger partial charge in [0.15, 0.2) is 0 Å². The highest BCUT2D eigenvalue weighted by Crippen LogP contribution is 2.29. The topological polar surface area (TPSA) is 79.4 Å². The summed E-state index contributed by atoms with van der Waals surface area (Å²) in [5, 5.41) is 2.61. The molecular formula is C14H18F3N3O3S. The van der Waals surface area contributed by atoms with Gasteiger partial charge in [-0.15, -0.1) is 0 Å². The molecule has 24 heavy (non-hydrogen) atoms. The SMILES string of the molecule is CC(C)CC1C(=O)NCCN1S(=O)(=O)c1ccc(C(F)(F)F)nc1. The molecule has 1 unspecified atom stereocenters. The molecule has 0 saturated carbocycles. The van der Waals surface area contributed by atoms with Gasteiger partial charge in [-0.05, 0) is 24.5 Å². The molecule has 1 N–H and O–H groups in total. The van der Waals surface area contributed by atoms with Crippen LogP contribution < -0.4 is 5.32 Å². The fourth-order valence-electron chi connectivity index (χ4n) is 2.49. The monoisotopic (exact) mass is 365 g/mol. The number of piperazine rings is 1. The number of nitrogens with zero attached hydrogens (tertiary/aromatic N) is 2. The summed E-state index contributed by atoms with van der Waals surface area (Å²) in [5.74, 6) is -0.333. The molecule has 1 aromatic rings. The van der Waals surface area contributed by atoms with Gasteiger partial charge in [0.25, 0.3) is 0 Å². The predicted octanol–water partition coefficient (Wildman–Crippen LogP) is 1.64. The molecule has 0 aromatic carbocycles. The number of alkyl halides is 3. The average Bonchev–Trinajstić information content (AvgIpc) is 2.48. The lowest BCUT2D eigenvalue weighted by Crippen LogP contribution is -2.57. The molecule has 0 aliphatic carbocycles. The van der Waals surface area contributed by atoms with Crippen LogP contribution in [-0.2, 0) is 21.0 Å². The number of sulfonamides is 1. The van der Waals surface area contributed by atoms with Crippen molar-refractivity contribution in [3.8, 4) is 0 Å². The van der Waals surface area contributed by atoms with E-state index in [-0.39, 0.29) is 23.9 Å². The van der Waals surface area contributed by atoms with E-state index in [9.17, 15) is 26.4 Å². The smallest absolute Gasteiger partial charge is 0.353 e. The van der Waals surface area contributed by atoms with Crippen molar-refractivity contribution in [2.75, 3.05) is 13.1 Å². The van der Waals surface area contributed by atoms with Gasteiger partial charge in [-0.1, -0.05) is 13.8 Å². The van der Waals surface area contributed by atoms with Crippen molar-refractivity contribution >= 4 is 15.9 Å². The Bertz CT molecular complexity index is 702. The zero-order valence-corrected chi connectivity index (χ0v) is 14.0. The van der Waals surface area contributed by atoms with Crippen LogP contribution in [0.25, 0.3) is 0 Å². The van der Waals surface area contributed by atoms with Crippen molar-refractivity contribution in [2.24, 2.45) is 5.92 Å². The number of pyridine rings is 1. The van der Waals surface area contributed by atoms with Crippen LogP contribution in [0.4, 0.5) is 13.2 Å². The highest BCUT2D eigenvalue weighted by Gasteiger charge is 2.39. The van der Waals surface area contributed by atoms with E-state index < -0.39 is 33.8 Å². The molecule has 0 radical (unpaired) electrons. The molecule has 1 aliphatic heterocycles. The summed E-state index contributed by atoms with van der Waals surface area (Å²) in [5.41, 5.74) is -1.17. The molecule has 1 fully saturated rings. The Kier molecular flexibility index (Phi) is 5.19. The Morgan fingerprint density at radius 3 is 2.54 bits per heavy atom. The second-order valence-electron chi connectivity index (χ2n) is 5.93. The number of aromatic nitrogens is 1. The number of amides is 1. The minimum absolute atomic E-state index is 0.0620. The molecule has 0 spiro atoms. The largest absolute Gasteiger partial charge is 0.433 e. The lowest BCUT2D eigenvalue weighted by atomic mass is 10.0. The van der Waals surface area contributed by atoms with E-state index in [0.717, 1.165) is 10.4 Å². The molecule has 1 atom stereocenters. The van der Waals surface area contributed by atoms with Crippen LogP contribution in [0, 0.1) is 5.92 Å². The van der Waals surface area contributed by atoms with E-state index in [4.69, 9.17) is 0 Å². The molecular weight excluding hydrogens is 347 g/mol. The summed E-state index contributed by atoms with van der Waals surface area (Å²) in [7, 11) is -4.11. The zero-order chi connectivity index (χ0) is 18.1. The van der Waals surface area contributed by atoms with Crippen molar-refractivity contribution in [1.82, 2.24) is 14.6 Å². The molecule has 1 saturated heterocycles. The normalized spacial score (nSPS) is 20.2. The fraction of sp³-hybridized carbons (Fsp3) is 0.571. The summed E-state index contributed by atoms with van der Waals surface area (Å²) in [6, 6.07) is 0.601. The van der Waals surface area contributed by atoms with Gasteiger partial charge in [0.2, 0.25) is 15.9 Å². The molecule has 1 aromatic heterocycles. The van der Waals surface area contributed by atoms with Crippen molar-refractivity contribution < 1.29 is 26.4 Å². The van der Waals surface area contributed by atoms with Crippen LogP contribution in [0.1, 0.15) is 26.0 Å². The summed E-state index contributed by atoms with van der Waals surface area (Å²) in [6.45, 7) is 3.92. The molecule has 2 rings (SSSR count). The molecule has 0 bridgehead atoms. The number of hydrogen-bond acceptors (Lipinski definition) is 4. The van der Waals surface area contributed by atoms with E-state index >= 15 is 0 Å². The van der Waals surface area contributed by atoms with Gasteiger partial charge in [0.1, 0.15) is 16.6 Å². The zero-order valence-electron chi connectivity index (χ0n) is 13.2. The third-order valence-corrected chi connectivity index (χ3v) is 5.50. The highest BCUT2D eigenvalue weighted by atomic mass is 32.2. The van der Waals surface area contributed by atoms with Gasteiger partial charge in [-0.25, -0.2) is 8.42 Å². The standard InChI is InChI=1S/C14H18F3N3O3S/c1-9(2)7-11-13(21)18-5-6-20(11)24(22,23)10-3-4-12(19-8-10)14(15,16)17/h3-4,8-9,11H,5-7H2,1-2H3,(H,18,21). The Balaban J connectivity index is 2.35. The predicted molar refractivity (Wildman–Crippen MR) is 79.4 cm³/mol. The molecule has 1 aliphatic rings. The van der Waals surface area contributed by atoms with Crippen LogP contribution in [0.3, 0.4) is 0 Å². The van der Waals surface area contributed by atoms with Gasteiger partial charge < -0.3 is 5.32 Å². The van der Waals surface area contributed by atoms with Gasteiger partial charge in [0.05, 0.1) is 0 Å². The van der Waals surface area contributed by atoms with E-state index in [0.29, 0.717) is 18.7 Å². The maximum Gasteiger partial charge on any atom is 0.433 e. The van der Waals surface area contributed by atoms with Crippen molar-refractivity contribution in [2.45, 2.75) is 37.4 Å². The van der Waals surface area contributed by atoms with Crippen molar-refractivity contribution in [1.29, 1.82) is 0 Å². The average molecular weight is 365 g/mol. The number of nitrogens with one attached hydrogen (secondary N) is 1. The summed E-state index contributed by atoms with van der Waals surface area (Å²) in [4.78, 5) is 14.8. The minimum atomic E-state index is -4.65. The Hall–Kier alpha value is -1.68. The van der Waals surface area contributed by atoms with Gasteiger partial charge >= 0.3 is 6.18 Å². The first-order valence-electron chi connectivity index (χ1n) is 7.36. The van der Waals surface area contributed by atoms with E-state index in [1.54, 1.807) is 0 Å². The maximum absolute atomic E-state index is 12.7. The number of rotatable bonds is 4. The second-order valence-corrected chi connectivity index (χ2v) is 7.82. The summed E-state index contributed by atoms with van der Waals surface area (Å²) >= 11 is 0. The number of hydrogen-bond donors (Lipinski definition) is 1. The second kappa shape index (κ2) is 6.67. The third kappa shape index (κ3) is 3.86. The number of halogens is 3. The Morgan fingerprint density at radius 2 is 2.04 bits per heavy atom. The van der Waals surface area contributed by atoms with Crippen LogP contribution >= 0.6 is 0 Å². The van der Waals surface area contributed by atoms with Crippen molar-refractivity contribution in [3.05, 3.63) is 24.0 Å². The van der Waals surface area contributed by atoms with Crippen LogP contribution in [0.2, 0.25) is 0 Å². The van der Waals surface area contributed by atoms with Gasteiger partial charge in [-0.3, -0.25) is 9.78 Å². The number of carbonyl (C=O) groups is 1. The quantitative estimate of drug-likeness (QED) is 0.880. The van der Waals surface area contributed by atoms with Crippen LogP contribution in [0.5, 0.6) is 0 Å². The van der Waals surface area contributed by atoms with Crippen molar-refractivity contribution in [3.63, 3.8) is 0 Å². The summed E-state index contributed by atoms with van der Waals surface area (Å²) < 4.78 is 64.1. The van der Waals surface area contributed by atoms with Gasteiger partial charge in [0, 0.05) is 19.3 Å². The highest BCUT2D eigenvalue weighted by molar-refractivity contribution is 7.89. The molecule has 6 nitrogen and oxygen atoms in total. The number of carbonyl (C=O) groups excluding carboxylic acids is 1. The van der Waals surface area contributed by atoms with E-state index in [1.807, 2.05) is 13.8 Å². The Morgan fingerprint density at radius 1 is 1.38 bits per heavy atom. The first kappa shape index (κ1) is 18.7. The maximum atomic E-state index is 12.7. The molecule has 1 amide bonds. The molecule has 2 heterocycles. The van der Waals surface area contributed by atoms with E-state index in [1.165, 1.54) is 0 Å². The van der Waals surface area contributed by atoms with E-state index in [2.05, 4.69) is 10.3 Å². The fourth-order valence-corrected chi connectivity index (χ4v) is 4.03. The summed E-state index contributed by atoms with van der Waals surface area (Å²) in [6.07, 6.45) is -3.65. The first-order chi connectivity index (χ1) is 11.0. The third-order valence-electron chi connectivity index (χ3n) is 3.61. The van der Waals surface area contributed by atoms with Crippen LogP contribution in [0.15, 0.2) is 23.2 Å². The lowest BCUT2D eigenvalue weighted by molar-refractivity contribution is -0.141. The minimum Gasteiger partial charge on any atom is -0.353 e. The lowest BCUT2D eigenvalue weighted by Gasteiger charge is -2.34. The molecule has 10 heteroatoms.